The van der Waals surface area contributed by atoms with Crippen LogP contribution in [-0.4, -0.2) is 90.2 Å². The zero-order valence-electron chi connectivity index (χ0n) is 30.4. The number of aryl methyl sites for hydroxylation is 1. The van der Waals surface area contributed by atoms with E-state index in [0.717, 1.165) is 80.0 Å². The fourth-order valence-corrected chi connectivity index (χ4v) is 8.73. The van der Waals surface area contributed by atoms with E-state index in [1.807, 2.05) is 36.0 Å². The molecular weight excluding hydrogens is 687 g/mol. The smallest absolute Gasteiger partial charge is 0.329 e. The number of hydrogen-bond acceptors (Lipinski definition) is 9. The van der Waals surface area contributed by atoms with Gasteiger partial charge in [-0.2, -0.15) is 19.8 Å². The van der Waals surface area contributed by atoms with E-state index < -0.39 is 6.03 Å². The molecule has 54 heavy (non-hydrogen) atoms. The summed E-state index contributed by atoms with van der Waals surface area (Å²) in [5.41, 5.74) is 4.22. The molecule has 9 rings (SSSR count). The van der Waals surface area contributed by atoms with Gasteiger partial charge < -0.3 is 15.0 Å². The van der Waals surface area contributed by atoms with Crippen LogP contribution in [0.25, 0.3) is 27.5 Å². The molecule has 4 aromatic heterocycles. The molecule has 2 saturated heterocycles. The number of nitrogens with one attached hydrogen (secondary N) is 2. The van der Waals surface area contributed by atoms with E-state index in [9.17, 15) is 14.4 Å². The molecule has 6 aromatic rings. The average Bonchev–Trinajstić information content (AvgIpc) is 3.90. The summed E-state index contributed by atoms with van der Waals surface area (Å²) in [6.45, 7) is 3.55. The van der Waals surface area contributed by atoms with Crippen LogP contribution < -0.4 is 20.3 Å². The fourth-order valence-electron chi connectivity index (χ4n) is 8.73. The molecule has 3 aliphatic rings. The second kappa shape index (κ2) is 13.9. The topological polar surface area (TPSA) is 157 Å². The molecule has 15 nitrogen and oxygen atoms in total. The molecule has 6 heterocycles. The van der Waals surface area contributed by atoms with Gasteiger partial charge in [0.1, 0.15) is 5.75 Å². The Hall–Kier alpha value is -5.83. The number of piperidine rings is 1. The first-order chi connectivity index (χ1) is 26.3. The van der Waals surface area contributed by atoms with Crippen molar-refractivity contribution >= 4 is 56.9 Å². The molecule has 3 fully saturated rings. The molecule has 2 aliphatic heterocycles. The van der Waals surface area contributed by atoms with Gasteiger partial charge in [-0.25, -0.2) is 9.78 Å². The number of amides is 4. The first-order valence-electron chi connectivity index (χ1n) is 18.8. The number of fused-ring (bicyclic) bond motifs is 3. The largest absolute Gasteiger partial charge is 0.496 e. The van der Waals surface area contributed by atoms with Gasteiger partial charge >= 0.3 is 6.03 Å². The number of benzene rings is 2. The minimum absolute atomic E-state index is 0.247. The van der Waals surface area contributed by atoms with Crippen molar-refractivity contribution < 1.29 is 19.1 Å². The lowest BCUT2D eigenvalue weighted by Gasteiger charge is -2.37. The summed E-state index contributed by atoms with van der Waals surface area (Å²) < 4.78 is 11.2. The van der Waals surface area contributed by atoms with Gasteiger partial charge in [-0.3, -0.25) is 29.2 Å². The molecule has 0 bridgehead atoms. The predicted molar refractivity (Wildman–Crippen MR) is 203 cm³/mol. The first-order valence-corrected chi connectivity index (χ1v) is 18.8. The summed E-state index contributed by atoms with van der Waals surface area (Å²) in [6, 6.07) is 13.5. The summed E-state index contributed by atoms with van der Waals surface area (Å²) in [6.07, 6.45) is 12.2. The summed E-state index contributed by atoms with van der Waals surface area (Å²) in [4.78, 5) is 46.3. The molecule has 278 valence electrons. The van der Waals surface area contributed by atoms with Crippen molar-refractivity contribution in [2.75, 3.05) is 43.5 Å². The highest BCUT2D eigenvalue weighted by Gasteiger charge is 2.31. The number of likely N-dealkylation sites (tertiary alicyclic amines) is 1. The molecule has 0 spiro atoms. The fraction of sp³-hybridized carbons (Fsp3) is 0.410. The monoisotopic (exact) mass is 729 g/mol. The number of hydrogen-bond donors (Lipinski definition) is 2. The number of para-hydroxylation sites is 1. The SMILES string of the molecule is COc1cc2nn(C3CCC(CN4CCC(c5cccc6c(N7CCC(=O)NC7=O)nn(C)c56)CC4)CC3)cc2cc1C(=O)Nc1cnc2cccnn12. The van der Waals surface area contributed by atoms with E-state index in [0.29, 0.717) is 53.0 Å². The summed E-state index contributed by atoms with van der Waals surface area (Å²) in [5, 5.41) is 21.2. The van der Waals surface area contributed by atoms with Crippen LogP contribution in [0.1, 0.15) is 72.8 Å². The van der Waals surface area contributed by atoms with Gasteiger partial charge in [-0.1, -0.05) is 12.1 Å². The van der Waals surface area contributed by atoms with Gasteiger partial charge in [0.2, 0.25) is 5.91 Å². The lowest BCUT2D eigenvalue weighted by Crippen LogP contribution is -2.49. The number of aromatic nitrogens is 7. The Labute approximate surface area is 311 Å². The minimum atomic E-state index is -0.410. The molecule has 1 saturated carbocycles. The van der Waals surface area contributed by atoms with Crippen molar-refractivity contribution in [1.82, 2.24) is 44.4 Å². The molecule has 4 amide bonds. The van der Waals surface area contributed by atoms with Gasteiger partial charge in [0.25, 0.3) is 5.91 Å². The lowest BCUT2D eigenvalue weighted by atomic mass is 9.84. The maximum Gasteiger partial charge on any atom is 0.329 e. The second-order valence-corrected chi connectivity index (χ2v) is 14.8. The number of rotatable bonds is 8. The van der Waals surface area contributed by atoms with Crippen molar-refractivity contribution in [3.63, 3.8) is 0 Å². The highest BCUT2D eigenvalue weighted by molar-refractivity contribution is 6.09. The van der Waals surface area contributed by atoms with Crippen LogP contribution in [0.15, 0.2) is 61.1 Å². The van der Waals surface area contributed by atoms with Crippen LogP contribution in [-0.2, 0) is 11.8 Å². The Morgan fingerprint density at radius 1 is 1.00 bits per heavy atom. The Morgan fingerprint density at radius 2 is 1.83 bits per heavy atom. The Balaban J connectivity index is 0.812. The molecule has 1 aliphatic carbocycles. The third kappa shape index (κ3) is 6.21. The van der Waals surface area contributed by atoms with E-state index in [1.165, 1.54) is 5.56 Å². The maximum atomic E-state index is 13.4. The number of urea groups is 1. The number of nitrogens with zero attached hydrogens (tertiary/aromatic N) is 9. The quantitative estimate of drug-likeness (QED) is 0.213. The van der Waals surface area contributed by atoms with E-state index >= 15 is 0 Å². The molecule has 2 aromatic carbocycles. The van der Waals surface area contributed by atoms with E-state index in [4.69, 9.17) is 14.9 Å². The van der Waals surface area contributed by atoms with Crippen LogP contribution in [0, 0.1) is 5.92 Å². The van der Waals surface area contributed by atoms with Crippen LogP contribution in [0.3, 0.4) is 0 Å². The second-order valence-electron chi connectivity index (χ2n) is 14.8. The normalized spacial score (nSPS) is 20.2. The number of ether oxygens (including phenoxy) is 1. The van der Waals surface area contributed by atoms with Gasteiger partial charge in [0, 0.05) is 55.8 Å². The van der Waals surface area contributed by atoms with Gasteiger partial charge in [0.05, 0.1) is 35.9 Å². The van der Waals surface area contributed by atoms with E-state index in [2.05, 4.69) is 48.6 Å². The average molecular weight is 730 g/mol. The zero-order chi connectivity index (χ0) is 36.9. The van der Waals surface area contributed by atoms with E-state index in [-0.39, 0.29) is 18.2 Å². The first kappa shape index (κ1) is 34.0. The number of carbonyl (C=O) groups excluding carboxylic acids is 3. The Morgan fingerprint density at radius 3 is 2.63 bits per heavy atom. The Kier molecular flexibility index (Phi) is 8.72. The standard InChI is InChI=1S/C39H43N11O4/c1-46-36-28(5-3-6-29(36)37(45-46)48-18-14-35(51)43-39(48)53)25-12-16-47(17-13-25)22-24-8-10-27(11-9-24)49-23-26-19-30(32(54-2)20-31(26)44-49)38(52)42-34-21-40-33-7-4-15-41-50(33)34/h3-7,15,19-21,23-25,27H,8-14,16-18,22H2,1-2H3,(H,42,52)(H,43,51,53). The number of anilines is 2. The van der Waals surface area contributed by atoms with Crippen LogP contribution >= 0.6 is 0 Å². The van der Waals surface area contributed by atoms with E-state index in [1.54, 1.807) is 35.0 Å². The summed E-state index contributed by atoms with van der Waals surface area (Å²) in [5.74, 6) is 2.08. The van der Waals surface area contributed by atoms with Crippen LogP contribution in [0.5, 0.6) is 5.75 Å². The summed E-state index contributed by atoms with van der Waals surface area (Å²) in [7, 11) is 3.51. The number of imidazole rings is 1. The van der Waals surface area contributed by atoms with Crippen molar-refractivity contribution in [2.24, 2.45) is 13.0 Å². The van der Waals surface area contributed by atoms with Crippen molar-refractivity contribution in [3.8, 4) is 5.75 Å². The molecule has 0 unspecified atom stereocenters. The molecule has 2 N–H and O–H groups in total. The number of carbonyl (C=O) groups is 3. The highest BCUT2D eigenvalue weighted by atomic mass is 16.5. The van der Waals surface area contributed by atoms with Crippen molar-refractivity contribution in [3.05, 3.63) is 72.2 Å². The van der Waals surface area contributed by atoms with Crippen LogP contribution in [0.2, 0.25) is 0 Å². The predicted octanol–water partition coefficient (Wildman–Crippen LogP) is 5.28. The van der Waals surface area contributed by atoms with Gasteiger partial charge in [-0.05, 0) is 93.3 Å². The minimum Gasteiger partial charge on any atom is -0.496 e. The molecule has 0 atom stereocenters. The molecule has 15 heteroatoms. The van der Waals surface area contributed by atoms with Gasteiger partial charge in [-0.15, -0.1) is 0 Å². The highest BCUT2D eigenvalue weighted by Crippen LogP contribution is 2.38. The third-order valence-electron chi connectivity index (χ3n) is 11.5. The zero-order valence-corrected chi connectivity index (χ0v) is 30.4. The van der Waals surface area contributed by atoms with Crippen molar-refractivity contribution in [1.29, 1.82) is 0 Å². The number of imide groups is 1. The molecular formula is C39H43N11O4. The third-order valence-corrected chi connectivity index (χ3v) is 11.5. The molecule has 0 radical (unpaired) electrons. The maximum absolute atomic E-state index is 13.4. The van der Waals surface area contributed by atoms with Crippen molar-refractivity contribution in [2.45, 2.75) is 56.9 Å². The summed E-state index contributed by atoms with van der Waals surface area (Å²) >= 11 is 0. The number of methoxy groups -OCH3 is 1. The van der Waals surface area contributed by atoms with Crippen LogP contribution in [0.4, 0.5) is 16.4 Å². The lowest BCUT2D eigenvalue weighted by molar-refractivity contribution is -0.120. The Bertz CT molecular complexity index is 2400. The van der Waals surface area contributed by atoms with Gasteiger partial charge in [0.15, 0.2) is 17.3 Å².